The number of rotatable bonds is 5. The first-order chi connectivity index (χ1) is 9.10. The Bertz CT molecular complexity index is 469. The van der Waals surface area contributed by atoms with E-state index in [9.17, 15) is 9.59 Å². The second-order valence-electron chi connectivity index (χ2n) is 4.91. The molecule has 2 amide bonds. The molecule has 0 spiro atoms. The Kier molecular flexibility index (Phi) is 4.19. The van der Waals surface area contributed by atoms with Gasteiger partial charge in [0, 0.05) is 25.6 Å². The minimum atomic E-state index is -0.290. The predicted octanol–water partition coefficient (Wildman–Crippen LogP) is 1.57. The summed E-state index contributed by atoms with van der Waals surface area (Å²) in [6.07, 6.45) is 2.30. The van der Waals surface area contributed by atoms with E-state index in [0.29, 0.717) is 18.1 Å². The van der Waals surface area contributed by atoms with Crippen molar-refractivity contribution in [1.29, 1.82) is 0 Å². The number of hydrogen-bond acceptors (Lipinski definition) is 4. The second-order valence-corrected chi connectivity index (χ2v) is 4.91. The molecule has 0 aromatic carbocycles. The quantitative estimate of drug-likeness (QED) is 0.876. The van der Waals surface area contributed by atoms with Gasteiger partial charge in [0.25, 0.3) is 0 Å². The van der Waals surface area contributed by atoms with E-state index in [0.717, 1.165) is 19.4 Å². The Morgan fingerprint density at radius 3 is 3.05 bits per heavy atom. The molecule has 1 aliphatic heterocycles. The van der Waals surface area contributed by atoms with Crippen LogP contribution in [0.25, 0.3) is 0 Å². The lowest BCUT2D eigenvalue weighted by Gasteiger charge is -2.15. The van der Waals surface area contributed by atoms with Crippen LogP contribution in [-0.4, -0.2) is 35.0 Å². The Morgan fingerprint density at radius 1 is 1.63 bits per heavy atom. The van der Waals surface area contributed by atoms with Crippen LogP contribution in [0.3, 0.4) is 0 Å². The van der Waals surface area contributed by atoms with Crippen LogP contribution in [-0.2, 0) is 9.59 Å². The number of unbranched alkanes of at least 4 members (excludes halogenated alkanes) is 1. The molecule has 2 rings (SSSR count). The van der Waals surface area contributed by atoms with Crippen molar-refractivity contribution < 1.29 is 14.1 Å². The number of carbonyl (C=O) groups excluding carboxylic acids is 2. The fraction of sp³-hybridized carbons (Fsp3) is 0.615. The average Bonchev–Trinajstić information content (AvgIpc) is 2.93. The highest BCUT2D eigenvalue weighted by molar-refractivity contribution is 5.96. The van der Waals surface area contributed by atoms with Crippen molar-refractivity contribution in [3.63, 3.8) is 0 Å². The first kappa shape index (κ1) is 13.6. The number of amides is 2. The van der Waals surface area contributed by atoms with E-state index in [1.165, 1.54) is 0 Å². The second kappa shape index (κ2) is 5.86. The summed E-state index contributed by atoms with van der Waals surface area (Å²) in [5, 5.41) is 6.39. The van der Waals surface area contributed by atoms with Gasteiger partial charge < -0.3 is 14.7 Å². The Balaban J connectivity index is 1.89. The molecule has 0 saturated carbocycles. The minimum absolute atomic E-state index is 0.0601. The first-order valence-corrected chi connectivity index (χ1v) is 6.62. The number of hydrogen-bond donors (Lipinski definition) is 1. The molecule has 0 bridgehead atoms. The number of nitrogens with zero attached hydrogens (tertiary/aromatic N) is 2. The molecule has 1 aliphatic rings. The lowest BCUT2D eigenvalue weighted by atomic mass is 10.1. The van der Waals surface area contributed by atoms with Crippen LogP contribution in [0.4, 0.5) is 5.82 Å². The van der Waals surface area contributed by atoms with E-state index in [-0.39, 0.29) is 24.2 Å². The van der Waals surface area contributed by atoms with Gasteiger partial charge in [0.05, 0.1) is 5.92 Å². The van der Waals surface area contributed by atoms with Crippen LogP contribution in [0.15, 0.2) is 10.6 Å². The number of carbonyl (C=O) groups is 2. The fourth-order valence-electron chi connectivity index (χ4n) is 2.17. The Morgan fingerprint density at radius 2 is 2.42 bits per heavy atom. The maximum absolute atomic E-state index is 12.0. The van der Waals surface area contributed by atoms with E-state index < -0.39 is 0 Å². The third-order valence-electron chi connectivity index (χ3n) is 3.25. The normalized spacial score (nSPS) is 18.9. The van der Waals surface area contributed by atoms with Gasteiger partial charge in [0.2, 0.25) is 11.8 Å². The van der Waals surface area contributed by atoms with Gasteiger partial charge in [-0.25, -0.2) is 0 Å². The van der Waals surface area contributed by atoms with Crippen LogP contribution >= 0.6 is 0 Å². The lowest BCUT2D eigenvalue weighted by Crippen LogP contribution is -2.29. The van der Waals surface area contributed by atoms with Crippen LogP contribution in [0, 0.1) is 12.8 Å². The van der Waals surface area contributed by atoms with E-state index in [1.54, 1.807) is 17.9 Å². The Labute approximate surface area is 112 Å². The number of likely N-dealkylation sites (tertiary alicyclic amines) is 1. The maximum Gasteiger partial charge on any atom is 0.231 e. The van der Waals surface area contributed by atoms with Gasteiger partial charge in [-0.2, -0.15) is 0 Å². The number of aryl methyl sites for hydroxylation is 1. The van der Waals surface area contributed by atoms with Gasteiger partial charge in [-0.1, -0.05) is 18.5 Å². The molecule has 1 saturated heterocycles. The molecule has 1 unspecified atom stereocenters. The molecule has 1 fully saturated rings. The molecular formula is C13H19N3O3. The highest BCUT2D eigenvalue weighted by Crippen LogP contribution is 2.20. The SMILES string of the molecule is CCCCN1CC(C(=O)Nc2cc(C)on2)CC1=O. The van der Waals surface area contributed by atoms with Crippen molar-refractivity contribution in [2.75, 3.05) is 18.4 Å². The molecule has 6 nitrogen and oxygen atoms in total. The summed E-state index contributed by atoms with van der Waals surface area (Å²) >= 11 is 0. The van der Waals surface area contributed by atoms with Crippen molar-refractivity contribution in [3.05, 3.63) is 11.8 Å². The van der Waals surface area contributed by atoms with Crippen LogP contribution in [0.1, 0.15) is 31.9 Å². The predicted molar refractivity (Wildman–Crippen MR) is 69.5 cm³/mol. The Hall–Kier alpha value is -1.85. The standard InChI is InChI=1S/C13H19N3O3/c1-3-4-5-16-8-10(7-12(16)17)13(18)14-11-6-9(2)19-15-11/h6,10H,3-5,7-8H2,1-2H3,(H,14,15,18). The molecule has 1 atom stereocenters. The van der Waals surface area contributed by atoms with Gasteiger partial charge in [0.15, 0.2) is 5.82 Å². The van der Waals surface area contributed by atoms with Gasteiger partial charge in [0.1, 0.15) is 5.76 Å². The molecule has 2 heterocycles. The van der Waals surface area contributed by atoms with Gasteiger partial charge >= 0.3 is 0 Å². The van der Waals surface area contributed by atoms with Crippen LogP contribution in [0.2, 0.25) is 0 Å². The molecule has 1 aromatic rings. The number of nitrogens with one attached hydrogen (secondary N) is 1. The fourth-order valence-corrected chi connectivity index (χ4v) is 2.17. The highest BCUT2D eigenvalue weighted by Gasteiger charge is 2.34. The van der Waals surface area contributed by atoms with E-state index in [1.807, 2.05) is 0 Å². The first-order valence-electron chi connectivity index (χ1n) is 6.62. The van der Waals surface area contributed by atoms with Crippen molar-refractivity contribution >= 4 is 17.6 Å². The van der Waals surface area contributed by atoms with Gasteiger partial charge in [-0.3, -0.25) is 9.59 Å². The van der Waals surface area contributed by atoms with Crippen LogP contribution < -0.4 is 5.32 Å². The van der Waals surface area contributed by atoms with Gasteiger partial charge in [-0.15, -0.1) is 0 Å². The minimum Gasteiger partial charge on any atom is -0.360 e. The van der Waals surface area contributed by atoms with Crippen molar-refractivity contribution in [1.82, 2.24) is 10.1 Å². The largest absolute Gasteiger partial charge is 0.360 e. The lowest BCUT2D eigenvalue weighted by molar-refractivity contribution is -0.128. The van der Waals surface area contributed by atoms with Crippen molar-refractivity contribution in [2.24, 2.45) is 5.92 Å². The third kappa shape index (κ3) is 3.33. The zero-order valence-corrected chi connectivity index (χ0v) is 11.3. The molecule has 104 valence electrons. The summed E-state index contributed by atoms with van der Waals surface area (Å²) < 4.78 is 4.88. The summed E-state index contributed by atoms with van der Waals surface area (Å²) in [5.41, 5.74) is 0. The van der Waals surface area contributed by atoms with E-state index >= 15 is 0 Å². The molecular weight excluding hydrogens is 246 g/mol. The average molecular weight is 265 g/mol. The zero-order valence-electron chi connectivity index (χ0n) is 11.3. The summed E-state index contributed by atoms with van der Waals surface area (Å²) in [4.78, 5) is 25.5. The molecule has 1 N–H and O–H groups in total. The van der Waals surface area contributed by atoms with Crippen molar-refractivity contribution in [3.8, 4) is 0 Å². The highest BCUT2D eigenvalue weighted by atomic mass is 16.5. The molecule has 6 heteroatoms. The van der Waals surface area contributed by atoms with E-state index in [4.69, 9.17) is 4.52 Å². The summed E-state index contributed by atoms with van der Waals surface area (Å²) in [7, 11) is 0. The molecule has 19 heavy (non-hydrogen) atoms. The van der Waals surface area contributed by atoms with Crippen LogP contribution in [0.5, 0.6) is 0 Å². The summed E-state index contributed by atoms with van der Waals surface area (Å²) in [6, 6.07) is 1.66. The maximum atomic E-state index is 12.0. The summed E-state index contributed by atoms with van der Waals surface area (Å²) in [5.74, 6) is 0.649. The zero-order chi connectivity index (χ0) is 13.8. The monoisotopic (exact) mass is 265 g/mol. The van der Waals surface area contributed by atoms with E-state index in [2.05, 4.69) is 17.4 Å². The smallest absolute Gasteiger partial charge is 0.231 e. The topological polar surface area (TPSA) is 75.4 Å². The molecule has 1 aromatic heterocycles. The summed E-state index contributed by atoms with van der Waals surface area (Å²) in [6.45, 7) is 5.08. The third-order valence-corrected chi connectivity index (χ3v) is 3.25. The molecule has 0 radical (unpaired) electrons. The van der Waals surface area contributed by atoms with Gasteiger partial charge in [-0.05, 0) is 13.3 Å². The number of aromatic nitrogens is 1. The molecule has 0 aliphatic carbocycles. The van der Waals surface area contributed by atoms with Crippen molar-refractivity contribution in [2.45, 2.75) is 33.1 Å². The number of anilines is 1.